The molecule has 4 N–H and O–H groups in total. The zero-order valence-electron chi connectivity index (χ0n) is 5.54. The van der Waals surface area contributed by atoms with Crippen LogP contribution in [0.15, 0.2) is 12.7 Å². The summed E-state index contributed by atoms with van der Waals surface area (Å²) >= 11 is 0. The van der Waals surface area contributed by atoms with Crippen LogP contribution in [0.3, 0.4) is 0 Å². The second kappa shape index (κ2) is 2.60. The van der Waals surface area contributed by atoms with E-state index in [1.807, 2.05) is 0 Å². The third-order valence-electron chi connectivity index (χ3n) is 1.80. The zero-order valence-corrected chi connectivity index (χ0v) is 6.36. The Hall–Kier alpha value is -0.540. The quantitative estimate of drug-likeness (QED) is 0.552. The van der Waals surface area contributed by atoms with Crippen LogP contribution in [0.25, 0.3) is 0 Å². The lowest BCUT2D eigenvalue weighted by atomic mass is 10.2. The molecule has 4 heteroatoms. The van der Waals surface area contributed by atoms with Crippen molar-refractivity contribution in [2.24, 2.45) is 17.4 Å². The third kappa shape index (κ3) is 1.15. The molecule has 0 radical (unpaired) electrons. The average Bonchev–Trinajstić information content (AvgIpc) is 2.44. The molecule has 1 rings (SSSR count). The lowest BCUT2D eigenvalue weighted by Crippen LogP contribution is -2.40. The van der Waals surface area contributed by atoms with Gasteiger partial charge in [-0.05, 0) is 6.42 Å². The van der Waals surface area contributed by atoms with Crippen LogP contribution >= 0.6 is 12.4 Å². The summed E-state index contributed by atoms with van der Waals surface area (Å²) in [5.74, 6) is -0.317. The number of nitrogens with two attached hydrogens (primary N) is 2. The maximum Gasteiger partial charge on any atom is 0.238 e. The van der Waals surface area contributed by atoms with E-state index in [0.717, 1.165) is 0 Å². The number of rotatable bonds is 2. The molecule has 0 aliphatic heterocycles. The van der Waals surface area contributed by atoms with Gasteiger partial charge in [0.25, 0.3) is 0 Å². The Morgan fingerprint density at radius 1 is 1.80 bits per heavy atom. The molecule has 1 amide bonds. The van der Waals surface area contributed by atoms with Gasteiger partial charge in [-0.1, -0.05) is 6.08 Å². The van der Waals surface area contributed by atoms with Gasteiger partial charge in [0.1, 0.15) is 5.54 Å². The summed E-state index contributed by atoms with van der Waals surface area (Å²) < 4.78 is 0. The molecule has 2 atom stereocenters. The lowest BCUT2D eigenvalue weighted by Gasteiger charge is -2.01. The van der Waals surface area contributed by atoms with E-state index in [-0.39, 0.29) is 18.3 Å². The molecule has 0 aromatic heterocycles. The fourth-order valence-electron chi connectivity index (χ4n) is 0.882. The van der Waals surface area contributed by atoms with Crippen LogP contribution in [-0.4, -0.2) is 11.4 Å². The smallest absolute Gasteiger partial charge is 0.238 e. The highest BCUT2D eigenvalue weighted by Crippen LogP contribution is 2.41. The first kappa shape index (κ1) is 9.46. The van der Waals surface area contributed by atoms with Crippen LogP contribution in [0.4, 0.5) is 0 Å². The van der Waals surface area contributed by atoms with Crippen molar-refractivity contribution in [1.82, 2.24) is 0 Å². The van der Waals surface area contributed by atoms with Gasteiger partial charge in [-0.25, -0.2) is 0 Å². The van der Waals surface area contributed by atoms with Crippen LogP contribution in [0, 0.1) is 5.92 Å². The molecule has 0 unspecified atom stereocenters. The molecule has 0 bridgehead atoms. The standard InChI is InChI=1S/C6H10N2O.ClH/c1-2-4-3-6(4,8)5(7)9;/h2,4H,1,3,8H2,(H2,7,9);1H/t4-,6-;/m1./s1. The molecule has 3 nitrogen and oxygen atoms in total. The molecule has 1 aliphatic carbocycles. The molecule has 0 aromatic carbocycles. The van der Waals surface area contributed by atoms with Crippen LogP contribution in [-0.2, 0) is 4.79 Å². The summed E-state index contributed by atoms with van der Waals surface area (Å²) in [4.78, 5) is 10.5. The Kier molecular flexibility index (Phi) is 2.46. The van der Waals surface area contributed by atoms with E-state index in [1.54, 1.807) is 6.08 Å². The monoisotopic (exact) mass is 162 g/mol. The maximum atomic E-state index is 10.5. The number of carbonyl (C=O) groups excluding carboxylic acids is 1. The van der Waals surface area contributed by atoms with Crippen molar-refractivity contribution in [2.75, 3.05) is 0 Å². The van der Waals surface area contributed by atoms with E-state index in [1.165, 1.54) is 0 Å². The third-order valence-corrected chi connectivity index (χ3v) is 1.80. The van der Waals surface area contributed by atoms with E-state index in [0.29, 0.717) is 6.42 Å². The minimum Gasteiger partial charge on any atom is -0.368 e. The van der Waals surface area contributed by atoms with E-state index in [9.17, 15) is 4.79 Å². The minimum absolute atomic E-state index is 0. The van der Waals surface area contributed by atoms with Gasteiger partial charge in [-0.3, -0.25) is 4.79 Å². The molecule has 1 aliphatic rings. The van der Waals surface area contributed by atoms with E-state index < -0.39 is 11.4 Å². The summed E-state index contributed by atoms with van der Waals surface area (Å²) in [5.41, 5.74) is 9.72. The van der Waals surface area contributed by atoms with Gasteiger partial charge in [-0.15, -0.1) is 19.0 Å². The first-order valence-corrected chi connectivity index (χ1v) is 2.82. The molecule has 0 heterocycles. The topological polar surface area (TPSA) is 69.1 Å². The van der Waals surface area contributed by atoms with Gasteiger partial charge in [0.15, 0.2) is 0 Å². The lowest BCUT2D eigenvalue weighted by molar-refractivity contribution is -0.120. The second-order valence-corrected chi connectivity index (χ2v) is 2.45. The van der Waals surface area contributed by atoms with E-state index >= 15 is 0 Å². The van der Waals surface area contributed by atoms with Crippen molar-refractivity contribution in [2.45, 2.75) is 12.0 Å². The number of hydrogen-bond acceptors (Lipinski definition) is 2. The molecular formula is C6H11ClN2O. The molecule has 0 spiro atoms. The number of amides is 1. The Morgan fingerprint density at radius 3 is 2.40 bits per heavy atom. The Balaban J connectivity index is 0.000000810. The van der Waals surface area contributed by atoms with E-state index in [4.69, 9.17) is 11.5 Å². The Bertz CT molecular complexity index is 171. The van der Waals surface area contributed by atoms with Gasteiger partial charge < -0.3 is 11.5 Å². The normalized spacial score (nSPS) is 35.9. The number of primary amides is 1. The van der Waals surface area contributed by atoms with Gasteiger partial charge >= 0.3 is 0 Å². The Labute approximate surface area is 65.9 Å². The van der Waals surface area contributed by atoms with Crippen molar-refractivity contribution in [3.8, 4) is 0 Å². The van der Waals surface area contributed by atoms with Gasteiger partial charge in [0, 0.05) is 5.92 Å². The zero-order chi connectivity index (χ0) is 7.07. The first-order chi connectivity index (χ1) is 4.11. The minimum atomic E-state index is -0.762. The van der Waals surface area contributed by atoms with Gasteiger partial charge in [-0.2, -0.15) is 0 Å². The average molecular weight is 163 g/mol. The van der Waals surface area contributed by atoms with Crippen molar-refractivity contribution in [3.05, 3.63) is 12.7 Å². The Morgan fingerprint density at radius 2 is 2.30 bits per heavy atom. The van der Waals surface area contributed by atoms with Crippen LogP contribution in [0.2, 0.25) is 0 Å². The van der Waals surface area contributed by atoms with Gasteiger partial charge in [0.2, 0.25) is 5.91 Å². The fourth-order valence-corrected chi connectivity index (χ4v) is 0.882. The highest BCUT2D eigenvalue weighted by molar-refractivity contribution is 5.88. The summed E-state index contributed by atoms with van der Waals surface area (Å²) in [6.45, 7) is 3.51. The van der Waals surface area contributed by atoms with Gasteiger partial charge in [0.05, 0.1) is 0 Å². The van der Waals surface area contributed by atoms with Crippen LogP contribution in [0.5, 0.6) is 0 Å². The number of hydrogen-bond donors (Lipinski definition) is 2. The molecule has 1 fully saturated rings. The summed E-state index contributed by atoms with van der Waals surface area (Å²) in [5, 5.41) is 0. The number of halogens is 1. The van der Waals surface area contributed by atoms with Crippen molar-refractivity contribution in [1.29, 1.82) is 0 Å². The van der Waals surface area contributed by atoms with Crippen molar-refractivity contribution >= 4 is 18.3 Å². The van der Waals surface area contributed by atoms with Crippen LogP contribution < -0.4 is 11.5 Å². The summed E-state index contributed by atoms with van der Waals surface area (Å²) in [6, 6.07) is 0. The van der Waals surface area contributed by atoms with Crippen LogP contribution in [0.1, 0.15) is 6.42 Å². The second-order valence-electron chi connectivity index (χ2n) is 2.45. The molecular weight excluding hydrogens is 152 g/mol. The van der Waals surface area contributed by atoms with Crippen molar-refractivity contribution in [3.63, 3.8) is 0 Å². The largest absolute Gasteiger partial charge is 0.368 e. The molecule has 1 saturated carbocycles. The maximum absolute atomic E-state index is 10.5. The molecule has 0 saturated heterocycles. The summed E-state index contributed by atoms with van der Waals surface area (Å²) in [6.07, 6.45) is 2.33. The SMILES string of the molecule is C=C[C@@H]1C[C@]1(N)C(N)=O.Cl. The number of carbonyl (C=O) groups is 1. The molecule has 0 aromatic rings. The van der Waals surface area contributed by atoms with Crippen molar-refractivity contribution < 1.29 is 4.79 Å². The van der Waals surface area contributed by atoms with E-state index in [2.05, 4.69) is 6.58 Å². The highest BCUT2D eigenvalue weighted by Gasteiger charge is 2.54. The predicted octanol–water partition coefficient (Wildman–Crippen LogP) is -0.203. The summed E-state index contributed by atoms with van der Waals surface area (Å²) in [7, 11) is 0. The molecule has 10 heavy (non-hydrogen) atoms. The fraction of sp³-hybridized carbons (Fsp3) is 0.500. The first-order valence-electron chi connectivity index (χ1n) is 2.82. The predicted molar refractivity (Wildman–Crippen MR) is 41.7 cm³/mol. The highest BCUT2D eigenvalue weighted by atomic mass is 35.5. The molecule has 58 valence electrons.